The lowest BCUT2D eigenvalue weighted by atomic mass is 10.0. The zero-order chi connectivity index (χ0) is 23.8. The number of aliphatic hydroxyl groups excluding tert-OH is 1. The van der Waals surface area contributed by atoms with Crippen molar-refractivity contribution in [2.24, 2.45) is 5.92 Å². The van der Waals surface area contributed by atoms with Gasteiger partial charge in [-0.25, -0.2) is 8.91 Å². The van der Waals surface area contributed by atoms with Gasteiger partial charge in [-0.3, -0.25) is 9.78 Å². The SMILES string of the molecule is CC(C)(O)C(F)CNC(=O)c1cnc(-c2ccc3cc(C#N)cnn23)cc1NC1CC1CO. The van der Waals surface area contributed by atoms with Crippen LogP contribution in [0.15, 0.2) is 36.7 Å². The molecule has 33 heavy (non-hydrogen) atoms. The molecule has 0 spiro atoms. The molecule has 4 N–H and O–H groups in total. The van der Waals surface area contributed by atoms with Crippen LogP contribution in [0.5, 0.6) is 0 Å². The molecule has 1 aliphatic carbocycles. The Bertz CT molecular complexity index is 1230. The third-order valence-corrected chi connectivity index (χ3v) is 5.75. The molecule has 1 amide bonds. The molecule has 1 aliphatic rings. The summed E-state index contributed by atoms with van der Waals surface area (Å²) in [7, 11) is 0. The molecule has 0 aromatic carbocycles. The quantitative estimate of drug-likeness (QED) is 0.410. The number of amides is 1. The van der Waals surface area contributed by atoms with Gasteiger partial charge in [0, 0.05) is 24.8 Å². The van der Waals surface area contributed by atoms with E-state index in [0.717, 1.165) is 11.9 Å². The van der Waals surface area contributed by atoms with Gasteiger partial charge in [-0.15, -0.1) is 0 Å². The maximum Gasteiger partial charge on any atom is 0.255 e. The van der Waals surface area contributed by atoms with Gasteiger partial charge in [-0.05, 0) is 44.5 Å². The molecule has 0 bridgehead atoms. The number of halogens is 1. The summed E-state index contributed by atoms with van der Waals surface area (Å²) in [5, 5.41) is 38.3. The number of anilines is 1. The fraction of sp³-hybridized carbons (Fsp3) is 0.391. The number of aromatic nitrogens is 3. The van der Waals surface area contributed by atoms with Gasteiger partial charge in [0.2, 0.25) is 0 Å². The van der Waals surface area contributed by atoms with Crippen LogP contribution in [0, 0.1) is 17.2 Å². The summed E-state index contributed by atoms with van der Waals surface area (Å²) in [6, 6.07) is 9.14. The van der Waals surface area contributed by atoms with Crippen molar-refractivity contribution in [3.8, 4) is 17.5 Å². The predicted octanol–water partition coefficient (Wildman–Crippen LogP) is 1.90. The second kappa shape index (κ2) is 8.77. The van der Waals surface area contributed by atoms with Crippen LogP contribution < -0.4 is 10.6 Å². The standard InChI is InChI=1S/C23H25FN6O3/c1-23(2,33)21(24)11-27-22(32)16-10-26-19(7-18(16)29-17-6-14(17)12-31)20-4-3-15-5-13(8-25)9-28-30(15)20/h3-5,7,9-10,14,17,21,31,33H,6,11-12H2,1-2H3,(H,26,29)(H,27,32). The summed E-state index contributed by atoms with van der Waals surface area (Å²) in [5.41, 5.74) is 1.54. The van der Waals surface area contributed by atoms with E-state index in [2.05, 4.69) is 26.8 Å². The Labute approximate surface area is 189 Å². The van der Waals surface area contributed by atoms with Crippen LogP contribution in [0.3, 0.4) is 0 Å². The number of nitriles is 1. The molecule has 0 aliphatic heterocycles. The number of nitrogens with one attached hydrogen (secondary N) is 2. The van der Waals surface area contributed by atoms with E-state index in [4.69, 9.17) is 5.26 Å². The number of carbonyl (C=O) groups excluding carboxylic acids is 1. The molecule has 172 valence electrons. The number of pyridine rings is 1. The monoisotopic (exact) mass is 452 g/mol. The molecule has 3 heterocycles. The van der Waals surface area contributed by atoms with E-state index in [0.29, 0.717) is 22.6 Å². The van der Waals surface area contributed by atoms with E-state index < -0.39 is 17.7 Å². The zero-order valence-electron chi connectivity index (χ0n) is 18.3. The van der Waals surface area contributed by atoms with E-state index in [1.165, 1.54) is 26.2 Å². The second-order valence-corrected chi connectivity index (χ2v) is 8.79. The number of nitrogens with zero attached hydrogens (tertiary/aromatic N) is 4. The van der Waals surface area contributed by atoms with Crippen LogP contribution in [0.2, 0.25) is 0 Å². The summed E-state index contributed by atoms with van der Waals surface area (Å²) < 4.78 is 15.8. The normalized spacial score (nSPS) is 18.5. The van der Waals surface area contributed by atoms with Crippen molar-refractivity contribution >= 4 is 17.1 Å². The van der Waals surface area contributed by atoms with Crippen molar-refractivity contribution in [3.63, 3.8) is 0 Å². The Morgan fingerprint density at radius 2 is 2.18 bits per heavy atom. The Morgan fingerprint density at radius 3 is 2.85 bits per heavy atom. The molecule has 3 aromatic heterocycles. The van der Waals surface area contributed by atoms with Gasteiger partial charge in [-0.2, -0.15) is 10.4 Å². The highest BCUT2D eigenvalue weighted by atomic mass is 19.1. The van der Waals surface area contributed by atoms with Crippen molar-refractivity contribution in [2.75, 3.05) is 18.5 Å². The summed E-state index contributed by atoms with van der Waals surface area (Å²) in [6.07, 6.45) is 2.00. The van der Waals surface area contributed by atoms with Gasteiger partial charge in [0.1, 0.15) is 12.2 Å². The summed E-state index contributed by atoms with van der Waals surface area (Å²) in [6.45, 7) is 2.37. The van der Waals surface area contributed by atoms with Crippen LogP contribution in [0.1, 0.15) is 36.2 Å². The number of aliphatic hydroxyl groups is 2. The number of carbonyl (C=O) groups is 1. The Morgan fingerprint density at radius 1 is 1.39 bits per heavy atom. The van der Waals surface area contributed by atoms with E-state index in [-0.39, 0.29) is 30.7 Å². The lowest BCUT2D eigenvalue weighted by Crippen LogP contribution is -2.42. The molecule has 3 aromatic rings. The van der Waals surface area contributed by atoms with Crippen molar-refractivity contribution in [2.45, 2.75) is 38.1 Å². The third-order valence-electron chi connectivity index (χ3n) is 5.75. The maximum atomic E-state index is 14.1. The molecule has 10 heteroatoms. The first kappa shape index (κ1) is 22.6. The van der Waals surface area contributed by atoms with Gasteiger partial charge >= 0.3 is 0 Å². The smallest absolute Gasteiger partial charge is 0.255 e. The minimum Gasteiger partial charge on any atom is -0.396 e. The minimum absolute atomic E-state index is 0.0162. The average Bonchev–Trinajstić information content (AvgIpc) is 3.41. The van der Waals surface area contributed by atoms with E-state index in [1.807, 2.05) is 12.1 Å². The van der Waals surface area contributed by atoms with E-state index >= 15 is 0 Å². The largest absolute Gasteiger partial charge is 0.396 e. The Balaban J connectivity index is 1.64. The van der Waals surface area contributed by atoms with Crippen LogP contribution >= 0.6 is 0 Å². The van der Waals surface area contributed by atoms with Gasteiger partial charge in [-0.1, -0.05) is 0 Å². The lowest BCUT2D eigenvalue weighted by molar-refractivity contribution is -0.00177. The molecule has 1 fully saturated rings. The molecule has 0 radical (unpaired) electrons. The van der Waals surface area contributed by atoms with Crippen LogP contribution in [-0.2, 0) is 0 Å². The van der Waals surface area contributed by atoms with E-state index in [9.17, 15) is 19.4 Å². The second-order valence-electron chi connectivity index (χ2n) is 8.79. The fourth-order valence-electron chi connectivity index (χ4n) is 3.50. The first-order valence-electron chi connectivity index (χ1n) is 10.6. The van der Waals surface area contributed by atoms with Gasteiger partial charge in [0.15, 0.2) is 0 Å². The number of fused-ring (bicyclic) bond motifs is 1. The van der Waals surface area contributed by atoms with Crippen LogP contribution in [-0.4, -0.2) is 61.7 Å². The van der Waals surface area contributed by atoms with Crippen molar-refractivity contribution in [1.29, 1.82) is 5.26 Å². The topological polar surface area (TPSA) is 136 Å². The van der Waals surface area contributed by atoms with Gasteiger partial charge in [0.25, 0.3) is 5.91 Å². The molecule has 0 saturated heterocycles. The average molecular weight is 452 g/mol. The molecule has 3 unspecified atom stereocenters. The van der Waals surface area contributed by atoms with Gasteiger partial charge in [0.05, 0.1) is 52.1 Å². The van der Waals surface area contributed by atoms with Gasteiger partial charge < -0.3 is 20.8 Å². The van der Waals surface area contributed by atoms with E-state index in [1.54, 1.807) is 16.6 Å². The molecule has 1 saturated carbocycles. The maximum absolute atomic E-state index is 14.1. The highest BCUT2D eigenvalue weighted by Gasteiger charge is 2.37. The molecule has 3 atom stereocenters. The zero-order valence-corrected chi connectivity index (χ0v) is 18.3. The van der Waals surface area contributed by atoms with Crippen LogP contribution in [0.25, 0.3) is 16.9 Å². The third kappa shape index (κ3) is 4.79. The van der Waals surface area contributed by atoms with Crippen LogP contribution in [0.4, 0.5) is 10.1 Å². The first-order chi connectivity index (χ1) is 15.7. The van der Waals surface area contributed by atoms with Crippen molar-refractivity contribution in [3.05, 3.63) is 47.8 Å². The number of hydrogen-bond acceptors (Lipinski definition) is 7. The number of alkyl halides is 1. The highest BCUT2D eigenvalue weighted by Crippen LogP contribution is 2.35. The number of rotatable bonds is 8. The lowest BCUT2D eigenvalue weighted by Gasteiger charge is -2.22. The fourth-order valence-corrected chi connectivity index (χ4v) is 3.50. The molecular weight excluding hydrogens is 427 g/mol. The Kier molecular flexibility index (Phi) is 6.01. The Hall–Kier alpha value is -3.55. The predicted molar refractivity (Wildman–Crippen MR) is 119 cm³/mol. The molecular formula is C23H25FN6O3. The summed E-state index contributed by atoms with van der Waals surface area (Å²) >= 11 is 0. The number of hydrogen-bond donors (Lipinski definition) is 4. The highest BCUT2D eigenvalue weighted by molar-refractivity contribution is 6.00. The molecule has 4 rings (SSSR count). The minimum atomic E-state index is -1.64. The first-order valence-corrected chi connectivity index (χ1v) is 10.6. The summed E-state index contributed by atoms with van der Waals surface area (Å²) in [5.74, 6) is -0.426. The molecule has 9 nitrogen and oxygen atoms in total. The van der Waals surface area contributed by atoms with Crippen molar-refractivity contribution < 1.29 is 19.4 Å². The summed E-state index contributed by atoms with van der Waals surface area (Å²) in [4.78, 5) is 17.2. The van der Waals surface area contributed by atoms with Crippen molar-refractivity contribution in [1.82, 2.24) is 19.9 Å².